The van der Waals surface area contributed by atoms with Gasteiger partial charge in [-0.3, -0.25) is 4.79 Å². The highest BCUT2D eigenvalue weighted by Gasteiger charge is 2.46. The van der Waals surface area contributed by atoms with Crippen LogP contribution < -0.4 is 0 Å². The van der Waals surface area contributed by atoms with Gasteiger partial charge in [-0.05, 0) is 54.4 Å². The maximum absolute atomic E-state index is 11.4. The van der Waals surface area contributed by atoms with Crippen molar-refractivity contribution in [2.75, 3.05) is 0 Å². The molecule has 0 aromatic heterocycles. The lowest BCUT2D eigenvalue weighted by Crippen LogP contribution is -2.49. The quantitative estimate of drug-likeness (QED) is 0.450. The number of hydrogen-bond donors (Lipinski definition) is 0. The Morgan fingerprint density at radius 2 is 1.67 bits per heavy atom. The van der Waals surface area contributed by atoms with Gasteiger partial charge < -0.3 is 9.47 Å². The van der Waals surface area contributed by atoms with Gasteiger partial charge in [0, 0.05) is 12.0 Å². The summed E-state index contributed by atoms with van der Waals surface area (Å²) in [7, 11) is 0. The summed E-state index contributed by atoms with van der Waals surface area (Å²) in [4.78, 5) is 11.4. The Balaban J connectivity index is 2.20. The molecule has 0 radical (unpaired) electrons. The Kier molecular flexibility index (Phi) is 6.83. The average molecular weight is 377 g/mol. The predicted molar refractivity (Wildman–Crippen MR) is 110 cm³/mol. The van der Waals surface area contributed by atoms with Crippen LogP contribution in [0.2, 0.25) is 0 Å². The van der Waals surface area contributed by atoms with E-state index in [0.717, 1.165) is 19.3 Å². The van der Waals surface area contributed by atoms with Gasteiger partial charge in [-0.15, -0.1) is 5.73 Å². The molecule has 0 bridgehead atoms. The van der Waals surface area contributed by atoms with E-state index < -0.39 is 0 Å². The highest BCUT2D eigenvalue weighted by atomic mass is 16.7. The molecule has 1 saturated carbocycles. The number of rotatable bonds is 4. The number of hydrogen-bond acceptors (Lipinski definition) is 3. The van der Waals surface area contributed by atoms with Crippen LogP contribution in [0.3, 0.4) is 0 Å². The van der Waals surface area contributed by atoms with Gasteiger partial charge in [-0.25, -0.2) is 0 Å². The smallest absolute Gasteiger partial charge is 0.161 e. The van der Waals surface area contributed by atoms with E-state index in [4.69, 9.17) is 9.47 Å². The first-order chi connectivity index (χ1) is 12.4. The minimum Gasteiger partial charge on any atom is -0.349 e. The van der Waals surface area contributed by atoms with Crippen LogP contribution in [-0.2, 0) is 14.3 Å². The minimum atomic E-state index is -0.129. The third-order valence-electron chi connectivity index (χ3n) is 6.96. The first-order valence-electron chi connectivity index (χ1n) is 10.7. The molecule has 2 rings (SSSR count). The van der Waals surface area contributed by atoms with E-state index in [2.05, 4.69) is 61.1 Å². The van der Waals surface area contributed by atoms with Crippen LogP contribution in [0.1, 0.15) is 81.6 Å². The van der Waals surface area contributed by atoms with Gasteiger partial charge in [0.2, 0.25) is 0 Å². The Labute approximate surface area is 166 Å². The summed E-state index contributed by atoms with van der Waals surface area (Å²) in [6.45, 7) is 19.6. The molecule has 0 aromatic rings. The molecule has 5 atom stereocenters. The van der Waals surface area contributed by atoms with Crippen molar-refractivity contribution in [3.05, 3.63) is 17.4 Å². The number of ketones is 1. The van der Waals surface area contributed by atoms with Crippen LogP contribution in [0.4, 0.5) is 0 Å². The van der Waals surface area contributed by atoms with Crippen molar-refractivity contribution >= 4 is 5.78 Å². The summed E-state index contributed by atoms with van der Waals surface area (Å²) in [6.07, 6.45) is 4.78. The van der Waals surface area contributed by atoms with Crippen molar-refractivity contribution in [1.82, 2.24) is 0 Å². The zero-order valence-electron chi connectivity index (χ0n) is 18.9. The summed E-state index contributed by atoms with van der Waals surface area (Å²) in [5.41, 5.74) is 4.43. The summed E-state index contributed by atoms with van der Waals surface area (Å²) in [5, 5.41) is 0. The van der Waals surface area contributed by atoms with E-state index in [0.29, 0.717) is 17.8 Å². The van der Waals surface area contributed by atoms with Gasteiger partial charge in [0.1, 0.15) is 0 Å². The topological polar surface area (TPSA) is 35.5 Å². The lowest BCUT2D eigenvalue weighted by atomic mass is 9.60. The molecule has 154 valence electrons. The maximum Gasteiger partial charge on any atom is 0.161 e. The SMILES string of the molecule is CCC1OC(OC2CC(C)(C)C(=C=CC(C)=O)C(C)(C)C2)C(C)C(C)C1C. The second-order valence-electron chi connectivity index (χ2n) is 10.2. The molecule has 27 heavy (non-hydrogen) atoms. The summed E-state index contributed by atoms with van der Waals surface area (Å²) in [6, 6.07) is 0. The molecule has 1 heterocycles. The lowest BCUT2D eigenvalue weighted by Gasteiger charge is -2.49. The fraction of sp³-hybridized carbons (Fsp3) is 0.833. The molecule has 0 spiro atoms. The summed E-state index contributed by atoms with van der Waals surface area (Å²) >= 11 is 0. The van der Waals surface area contributed by atoms with E-state index in [1.165, 1.54) is 5.57 Å². The van der Waals surface area contributed by atoms with Crippen molar-refractivity contribution in [3.63, 3.8) is 0 Å². The van der Waals surface area contributed by atoms with Crippen LogP contribution >= 0.6 is 0 Å². The first-order valence-corrected chi connectivity index (χ1v) is 10.7. The molecule has 1 saturated heterocycles. The van der Waals surface area contributed by atoms with Gasteiger partial charge in [-0.1, -0.05) is 55.4 Å². The largest absolute Gasteiger partial charge is 0.349 e. The molecule has 2 aliphatic rings. The normalized spacial score (nSPS) is 38.2. The maximum atomic E-state index is 11.4. The molecule has 2 fully saturated rings. The molecule has 0 amide bonds. The van der Waals surface area contributed by atoms with Crippen LogP contribution in [-0.4, -0.2) is 24.3 Å². The Morgan fingerprint density at radius 1 is 1.11 bits per heavy atom. The molecule has 3 nitrogen and oxygen atoms in total. The molecule has 0 N–H and O–H groups in total. The lowest BCUT2D eigenvalue weighted by molar-refractivity contribution is -0.271. The van der Waals surface area contributed by atoms with Crippen molar-refractivity contribution < 1.29 is 14.3 Å². The number of ether oxygens (including phenoxy) is 2. The monoisotopic (exact) mass is 376 g/mol. The Morgan fingerprint density at radius 3 is 2.15 bits per heavy atom. The highest BCUT2D eigenvalue weighted by Crippen LogP contribution is 2.51. The summed E-state index contributed by atoms with van der Waals surface area (Å²) < 4.78 is 13.0. The third-order valence-corrected chi connectivity index (χ3v) is 6.96. The van der Waals surface area contributed by atoms with Gasteiger partial charge in [0.05, 0.1) is 12.2 Å². The van der Waals surface area contributed by atoms with Crippen LogP contribution in [0.5, 0.6) is 0 Å². The molecule has 0 aromatic carbocycles. The predicted octanol–water partition coefficient (Wildman–Crippen LogP) is 5.93. The standard InChI is InChI=1S/C24H40O3/c1-10-20-17(4)16(3)18(5)22(27-20)26-19-13-23(6,7)21(12-11-15(2)25)24(8,9)14-19/h11,16-20,22H,10,13-14H2,1-9H3. The second kappa shape index (κ2) is 8.23. The molecule has 5 unspecified atom stereocenters. The summed E-state index contributed by atoms with van der Waals surface area (Å²) in [5.74, 6) is 1.59. The average Bonchev–Trinajstić information content (AvgIpc) is 2.52. The number of carbonyl (C=O) groups is 1. The van der Waals surface area contributed by atoms with Gasteiger partial charge in [0.25, 0.3) is 0 Å². The Hall–Kier alpha value is -0.890. The van der Waals surface area contributed by atoms with Gasteiger partial charge in [0.15, 0.2) is 12.1 Å². The van der Waals surface area contributed by atoms with E-state index in [9.17, 15) is 4.79 Å². The van der Waals surface area contributed by atoms with Crippen LogP contribution in [0, 0.1) is 28.6 Å². The van der Waals surface area contributed by atoms with Crippen molar-refractivity contribution in [2.24, 2.45) is 28.6 Å². The molecule has 1 aliphatic carbocycles. The number of allylic oxidation sites excluding steroid dienone is 1. The van der Waals surface area contributed by atoms with Crippen molar-refractivity contribution in [2.45, 2.75) is 100 Å². The first kappa shape index (κ1) is 22.4. The van der Waals surface area contributed by atoms with E-state index in [-0.39, 0.29) is 35.1 Å². The minimum absolute atomic E-state index is 0.0469. The number of carbonyl (C=O) groups excluding carboxylic acids is 1. The zero-order chi connectivity index (χ0) is 20.6. The highest BCUT2D eigenvalue weighted by molar-refractivity contribution is 5.87. The third kappa shape index (κ3) is 4.94. The van der Waals surface area contributed by atoms with E-state index >= 15 is 0 Å². The molecule has 3 heteroatoms. The van der Waals surface area contributed by atoms with E-state index in [1.807, 2.05) is 0 Å². The molecule has 1 aliphatic heterocycles. The van der Waals surface area contributed by atoms with Gasteiger partial charge in [-0.2, -0.15) is 0 Å². The van der Waals surface area contributed by atoms with Crippen LogP contribution in [0.25, 0.3) is 0 Å². The second-order valence-corrected chi connectivity index (χ2v) is 10.2. The molecular weight excluding hydrogens is 336 g/mol. The van der Waals surface area contributed by atoms with Crippen molar-refractivity contribution in [1.29, 1.82) is 0 Å². The Bertz CT molecular complexity index is 587. The van der Waals surface area contributed by atoms with Gasteiger partial charge >= 0.3 is 0 Å². The fourth-order valence-electron chi connectivity index (χ4n) is 5.29. The zero-order valence-corrected chi connectivity index (χ0v) is 18.9. The van der Waals surface area contributed by atoms with Crippen LogP contribution in [0.15, 0.2) is 17.4 Å². The fourth-order valence-corrected chi connectivity index (χ4v) is 5.29. The van der Waals surface area contributed by atoms with E-state index in [1.54, 1.807) is 13.0 Å². The molecular formula is C24H40O3. The van der Waals surface area contributed by atoms with Crippen molar-refractivity contribution in [3.8, 4) is 0 Å².